The van der Waals surface area contributed by atoms with Gasteiger partial charge in [-0.2, -0.15) is 0 Å². The van der Waals surface area contributed by atoms with Crippen LogP contribution in [0.1, 0.15) is 94.2 Å². The molecule has 3 aliphatic carbocycles. The minimum atomic E-state index is -0.859. The quantitative estimate of drug-likeness (QED) is 0.207. The van der Waals surface area contributed by atoms with Gasteiger partial charge in [0.05, 0.1) is 25.0 Å². The van der Waals surface area contributed by atoms with Crippen LogP contribution in [-0.2, 0) is 20.4 Å². The molecule has 7 rings (SSSR count). The lowest BCUT2D eigenvalue weighted by molar-refractivity contribution is -0.115. The average molecular weight is 785 g/mol. The molecule has 0 bridgehead atoms. The highest BCUT2D eigenvalue weighted by molar-refractivity contribution is 7.25. The van der Waals surface area contributed by atoms with E-state index >= 15 is 0 Å². The highest BCUT2D eigenvalue weighted by Gasteiger charge is 2.60. The number of allylic oxidation sites excluding steroid dienone is 8. The second kappa shape index (κ2) is 13.1. The topological polar surface area (TPSA) is 52.6 Å². The smallest absolute Gasteiger partial charge is 0.185 e. The summed E-state index contributed by atoms with van der Waals surface area (Å²) >= 11 is 3.61. The van der Waals surface area contributed by atoms with Gasteiger partial charge in [-0.3, -0.25) is 9.59 Å². The third kappa shape index (κ3) is 6.32. The van der Waals surface area contributed by atoms with Crippen LogP contribution >= 0.6 is 22.7 Å². The van der Waals surface area contributed by atoms with Crippen LogP contribution in [0.25, 0.3) is 30.6 Å². The summed E-state index contributed by atoms with van der Waals surface area (Å²) in [4.78, 5) is 34.4. The number of carbonyl (C=O) groups excluding carboxylic acids is 2. The van der Waals surface area contributed by atoms with E-state index in [0.29, 0.717) is 0 Å². The van der Waals surface area contributed by atoms with Crippen molar-refractivity contribution in [3.63, 3.8) is 0 Å². The first kappa shape index (κ1) is 40.0. The van der Waals surface area contributed by atoms with Gasteiger partial charge in [-0.1, -0.05) is 107 Å². The highest BCUT2D eigenvalue weighted by Crippen LogP contribution is 2.67. The van der Waals surface area contributed by atoms with E-state index < -0.39 is 32.5 Å². The first-order chi connectivity index (χ1) is 25.9. The van der Waals surface area contributed by atoms with Crippen LogP contribution in [0.5, 0.6) is 11.5 Å². The molecule has 6 heteroatoms. The fourth-order valence-corrected chi connectivity index (χ4v) is 11.2. The summed E-state index contributed by atoms with van der Waals surface area (Å²) in [6.07, 6.45) is 9.24. The monoisotopic (exact) mass is 784 g/mol. The summed E-state index contributed by atoms with van der Waals surface area (Å²) in [6, 6.07) is 21.3. The van der Waals surface area contributed by atoms with Gasteiger partial charge in [-0.05, 0) is 105 Å². The largest absolute Gasteiger partial charge is 0.497 e. The summed E-state index contributed by atoms with van der Waals surface area (Å²) in [6.45, 7) is 25.8. The van der Waals surface area contributed by atoms with Gasteiger partial charge in [-0.25, -0.2) is 0 Å². The lowest BCUT2D eigenvalue weighted by atomic mass is 9.47. The van der Waals surface area contributed by atoms with E-state index in [2.05, 4.69) is 144 Å². The molecule has 2 aromatic heterocycles. The molecule has 0 radical (unpaired) electrons. The number of methoxy groups -OCH3 is 2. The lowest BCUT2D eigenvalue weighted by Gasteiger charge is -2.54. The Labute approximate surface area is 342 Å². The normalized spacial score (nSPS) is 17.9. The summed E-state index contributed by atoms with van der Waals surface area (Å²) in [5, 5.41) is 0. The molecule has 0 unspecified atom stereocenters. The molecule has 4 nitrogen and oxygen atoms in total. The Hall–Kier alpha value is -4.26. The van der Waals surface area contributed by atoms with Crippen LogP contribution in [0, 0.1) is 21.7 Å². The Balaban J connectivity index is 1.72. The fourth-order valence-electron chi connectivity index (χ4n) is 8.54. The van der Waals surface area contributed by atoms with Crippen molar-refractivity contribution in [2.45, 2.75) is 93.9 Å². The molecule has 56 heavy (non-hydrogen) atoms. The van der Waals surface area contributed by atoms with E-state index in [1.807, 2.05) is 24.3 Å². The average Bonchev–Trinajstić information content (AvgIpc) is 3.77. The van der Waals surface area contributed by atoms with E-state index in [9.17, 15) is 9.59 Å². The van der Waals surface area contributed by atoms with Gasteiger partial charge in [0.1, 0.15) is 11.5 Å². The number of ether oxygens (including phenoxy) is 2. The van der Waals surface area contributed by atoms with Crippen molar-refractivity contribution < 1.29 is 19.1 Å². The van der Waals surface area contributed by atoms with Crippen LogP contribution in [0.4, 0.5) is 0 Å². The molecule has 0 saturated carbocycles. The lowest BCUT2D eigenvalue weighted by Crippen LogP contribution is -2.52. The summed E-state index contributed by atoms with van der Waals surface area (Å²) in [7, 11) is 3.38. The van der Waals surface area contributed by atoms with Gasteiger partial charge < -0.3 is 9.47 Å². The number of Topliss-reactive ketones (excluding diaryl/α,β-unsaturated/α-hetero) is 2. The maximum absolute atomic E-state index is 14.9. The molecule has 2 heterocycles. The van der Waals surface area contributed by atoms with Crippen molar-refractivity contribution in [3.05, 3.63) is 118 Å². The minimum Gasteiger partial charge on any atom is -0.497 e. The first-order valence-electron chi connectivity index (χ1n) is 19.6. The molecule has 0 aliphatic heterocycles. The molecule has 292 valence electrons. The molecule has 2 spiro atoms. The van der Waals surface area contributed by atoms with Gasteiger partial charge in [0, 0.05) is 41.8 Å². The molecule has 2 aromatic carbocycles. The van der Waals surface area contributed by atoms with Crippen molar-refractivity contribution in [1.29, 1.82) is 0 Å². The maximum Gasteiger partial charge on any atom is 0.185 e. The van der Waals surface area contributed by atoms with Crippen LogP contribution in [-0.4, -0.2) is 25.8 Å². The van der Waals surface area contributed by atoms with Crippen LogP contribution < -0.4 is 9.47 Å². The second-order valence-corrected chi connectivity index (χ2v) is 21.9. The van der Waals surface area contributed by atoms with E-state index in [0.717, 1.165) is 65.8 Å². The zero-order valence-electron chi connectivity index (χ0n) is 35.5. The van der Waals surface area contributed by atoms with Crippen LogP contribution in [0.15, 0.2) is 107 Å². The van der Waals surface area contributed by atoms with Crippen molar-refractivity contribution in [2.75, 3.05) is 14.2 Å². The highest BCUT2D eigenvalue weighted by atomic mass is 32.1. The molecule has 0 saturated heterocycles. The number of rotatable bonds is 4. The summed E-state index contributed by atoms with van der Waals surface area (Å²) < 4.78 is 11.1. The van der Waals surface area contributed by atoms with E-state index in [-0.39, 0.29) is 11.6 Å². The predicted octanol–water partition coefficient (Wildman–Crippen LogP) is 13.4. The Morgan fingerprint density at radius 3 is 0.946 bits per heavy atom. The molecule has 0 N–H and O–H groups in total. The second-order valence-electron chi connectivity index (χ2n) is 19.8. The van der Waals surface area contributed by atoms with Gasteiger partial charge in [-0.15, -0.1) is 22.7 Å². The molecule has 0 atom stereocenters. The number of hydrogen-bond acceptors (Lipinski definition) is 6. The Kier molecular flexibility index (Phi) is 9.38. The van der Waals surface area contributed by atoms with E-state index in [4.69, 9.17) is 9.47 Å². The molecule has 0 amide bonds. The predicted molar refractivity (Wildman–Crippen MR) is 235 cm³/mol. The first-order valence-corrected chi connectivity index (χ1v) is 21.2. The number of fused-ring (bicyclic) bond motifs is 6. The number of ketones is 2. The maximum atomic E-state index is 14.9. The third-order valence-corrected chi connectivity index (χ3v) is 14.2. The Morgan fingerprint density at radius 2 is 0.714 bits per heavy atom. The van der Waals surface area contributed by atoms with Crippen molar-refractivity contribution >= 4 is 34.2 Å². The zero-order chi connectivity index (χ0) is 41.0. The molecule has 0 fully saturated rings. The number of hydrogen-bond donors (Lipinski definition) is 0. The van der Waals surface area contributed by atoms with E-state index in [1.165, 1.54) is 9.75 Å². The minimum absolute atomic E-state index is 0.0971. The standard InChI is InChI=1S/C50H56O4S2/c1-45(2,3)35-25-49(26-36(41(35)51)46(4,5)6)33-23-39(29-15-19-31(53-13)20-16-29)55-43(33)44-34(24-40(56-44)30-17-21-32(54-14)22-18-30)50(49)27-37(47(7,8)9)42(52)38(28-50)48(10,11)12/h15-28H,1-14H3. The van der Waals surface area contributed by atoms with Gasteiger partial charge in [0.2, 0.25) is 0 Å². The molecule has 4 aromatic rings. The van der Waals surface area contributed by atoms with Gasteiger partial charge in [0.15, 0.2) is 11.6 Å². The van der Waals surface area contributed by atoms with E-state index in [1.54, 1.807) is 36.9 Å². The Morgan fingerprint density at radius 1 is 0.446 bits per heavy atom. The van der Waals surface area contributed by atoms with Crippen molar-refractivity contribution in [1.82, 2.24) is 0 Å². The van der Waals surface area contributed by atoms with Crippen molar-refractivity contribution in [2.24, 2.45) is 21.7 Å². The molecule has 3 aliphatic rings. The fraction of sp³-hybridized carbons (Fsp3) is 0.400. The van der Waals surface area contributed by atoms with Crippen LogP contribution in [0.2, 0.25) is 0 Å². The van der Waals surface area contributed by atoms with Crippen molar-refractivity contribution in [3.8, 4) is 42.1 Å². The number of carbonyl (C=O) groups is 2. The number of thiophene rings is 2. The zero-order valence-corrected chi connectivity index (χ0v) is 37.2. The SMILES string of the molecule is COc1ccc(-c2cc3c(s2)-c2sc(-c4ccc(OC)cc4)cc2C2(C=C(C(C)(C)C)C(=O)C(C(C)(C)C)=C2)C32C=C(C(C)(C)C)C(=O)C(C(C)(C)C)=C2)cc1. The Bertz CT molecular complexity index is 2140. The summed E-state index contributed by atoms with van der Waals surface area (Å²) in [5.41, 5.74) is 4.19. The summed E-state index contributed by atoms with van der Waals surface area (Å²) in [5.74, 6) is 1.81. The van der Waals surface area contributed by atoms with Gasteiger partial charge in [0.25, 0.3) is 0 Å². The molecular formula is C50H56O4S2. The third-order valence-electron chi connectivity index (χ3n) is 11.7. The van der Waals surface area contributed by atoms with Crippen LogP contribution in [0.3, 0.4) is 0 Å². The number of benzene rings is 2. The van der Waals surface area contributed by atoms with Gasteiger partial charge >= 0.3 is 0 Å². The molecular weight excluding hydrogens is 729 g/mol.